The molecule has 0 spiro atoms. The van der Waals surface area contributed by atoms with Crippen LogP contribution < -0.4 is 0 Å². The second-order valence-corrected chi connectivity index (χ2v) is 5.58. The van der Waals surface area contributed by atoms with E-state index >= 15 is 0 Å². The highest BCUT2D eigenvalue weighted by Crippen LogP contribution is 2.24. The average molecular weight is 252 g/mol. The number of aliphatic carboxylic acids is 1. The summed E-state index contributed by atoms with van der Waals surface area (Å²) in [5.74, 6) is -1.41. The molecule has 0 rings (SSSR count). The van der Waals surface area contributed by atoms with Crippen molar-refractivity contribution in [1.29, 1.82) is 0 Å². The second-order valence-electron chi connectivity index (χ2n) is 3.70. The summed E-state index contributed by atoms with van der Waals surface area (Å²) >= 11 is 7.49. The molecule has 0 unspecified atom stereocenters. The van der Waals surface area contributed by atoms with Gasteiger partial charge >= 0.3 is 11.9 Å². The Bertz CT molecular complexity index is 238. The SMILES string of the molecule is CC(C)CCOC(=O)CC(S)(S)C(=O)O. The Morgan fingerprint density at radius 3 is 2.33 bits per heavy atom. The lowest BCUT2D eigenvalue weighted by Gasteiger charge is -2.16. The standard InChI is InChI=1S/C9H16O4S2/c1-6(2)3-4-13-7(10)5-9(14,15)8(11)12/h6,14-15H,3-5H2,1-2H3,(H,11,12). The van der Waals surface area contributed by atoms with Crippen molar-refractivity contribution in [3.63, 3.8) is 0 Å². The van der Waals surface area contributed by atoms with Crippen LogP contribution in [-0.2, 0) is 14.3 Å². The Balaban J connectivity index is 3.89. The van der Waals surface area contributed by atoms with Crippen molar-refractivity contribution >= 4 is 37.2 Å². The molecule has 6 heteroatoms. The number of thiol groups is 2. The highest BCUT2D eigenvalue weighted by Gasteiger charge is 2.33. The van der Waals surface area contributed by atoms with Gasteiger partial charge in [0, 0.05) is 0 Å². The predicted octanol–water partition coefficient (Wildman–Crippen LogP) is 1.61. The smallest absolute Gasteiger partial charge is 0.330 e. The lowest BCUT2D eigenvalue weighted by molar-refractivity contribution is -0.148. The van der Waals surface area contributed by atoms with Crippen LogP contribution in [0.3, 0.4) is 0 Å². The molecule has 0 radical (unpaired) electrons. The van der Waals surface area contributed by atoms with Crippen LogP contribution in [0.1, 0.15) is 26.7 Å². The number of carboxylic acids is 1. The van der Waals surface area contributed by atoms with E-state index in [2.05, 4.69) is 25.3 Å². The summed E-state index contributed by atoms with van der Waals surface area (Å²) in [7, 11) is 0. The van der Waals surface area contributed by atoms with E-state index in [1.54, 1.807) is 0 Å². The van der Waals surface area contributed by atoms with E-state index in [1.807, 2.05) is 13.8 Å². The van der Waals surface area contributed by atoms with Gasteiger partial charge in [0.15, 0.2) is 4.08 Å². The molecule has 0 amide bonds. The molecule has 88 valence electrons. The van der Waals surface area contributed by atoms with Gasteiger partial charge in [-0.05, 0) is 12.3 Å². The molecule has 0 aliphatic carbocycles. The zero-order valence-electron chi connectivity index (χ0n) is 8.77. The average Bonchev–Trinajstić information content (AvgIpc) is 2.01. The van der Waals surface area contributed by atoms with Crippen LogP contribution >= 0.6 is 25.3 Å². The Morgan fingerprint density at radius 2 is 1.93 bits per heavy atom. The summed E-state index contributed by atoms with van der Waals surface area (Å²) < 4.78 is 3.18. The molecule has 0 bridgehead atoms. The molecule has 15 heavy (non-hydrogen) atoms. The van der Waals surface area contributed by atoms with Crippen LogP contribution in [0.2, 0.25) is 0 Å². The van der Waals surface area contributed by atoms with E-state index in [-0.39, 0.29) is 6.42 Å². The number of carbonyl (C=O) groups excluding carboxylic acids is 1. The van der Waals surface area contributed by atoms with Gasteiger partial charge in [-0.2, -0.15) is 0 Å². The molecule has 0 aliphatic rings. The summed E-state index contributed by atoms with van der Waals surface area (Å²) in [5, 5.41) is 8.64. The summed E-state index contributed by atoms with van der Waals surface area (Å²) in [6.07, 6.45) is 0.400. The monoisotopic (exact) mass is 252 g/mol. The molecule has 0 fully saturated rings. The Morgan fingerprint density at radius 1 is 1.40 bits per heavy atom. The number of ether oxygens (including phenoxy) is 1. The first-order valence-corrected chi connectivity index (χ1v) is 5.49. The van der Waals surface area contributed by atoms with Crippen LogP contribution in [0.4, 0.5) is 0 Å². The zero-order valence-corrected chi connectivity index (χ0v) is 10.6. The van der Waals surface area contributed by atoms with Crippen molar-refractivity contribution in [2.45, 2.75) is 30.8 Å². The summed E-state index contributed by atoms with van der Waals surface area (Å²) in [6.45, 7) is 4.31. The minimum absolute atomic E-state index is 0.299. The Hall–Kier alpha value is -0.360. The normalized spacial score (nSPS) is 11.5. The number of carboxylic acid groups (broad SMARTS) is 1. The van der Waals surface area contributed by atoms with Gasteiger partial charge in [0.05, 0.1) is 13.0 Å². The van der Waals surface area contributed by atoms with E-state index in [1.165, 1.54) is 0 Å². The fourth-order valence-electron chi connectivity index (χ4n) is 0.736. The van der Waals surface area contributed by atoms with Gasteiger partial charge in [-0.1, -0.05) is 13.8 Å². The maximum absolute atomic E-state index is 11.2. The number of carbonyl (C=O) groups is 2. The van der Waals surface area contributed by atoms with Crippen LogP contribution in [0.15, 0.2) is 0 Å². The first kappa shape index (κ1) is 14.6. The summed E-state index contributed by atoms with van der Waals surface area (Å²) in [6, 6.07) is 0. The quantitative estimate of drug-likeness (QED) is 0.382. The minimum atomic E-state index is -1.66. The zero-order chi connectivity index (χ0) is 12.1. The van der Waals surface area contributed by atoms with Gasteiger partial charge in [0.1, 0.15) is 0 Å². The van der Waals surface area contributed by atoms with Gasteiger partial charge in [-0.25, -0.2) is 4.79 Å². The maximum Gasteiger partial charge on any atom is 0.330 e. The van der Waals surface area contributed by atoms with Crippen LogP contribution in [-0.4, -0.2) is 27.7 Å². The van der Waals surface area contributed by atoms with E-state index in [4.69, 9.17) is 9.84 Å². The first-order chi connectivity index (χ1) is 6.75. The van der Waals surface area contributed by atoms with E-state index in [9.17, 15) is 9.59 Å². The number of rotatable bonds is 6. The van der Waals surface area contributed by atoms with Crippen molar-refractivity contribution in [3.05, 3.63) is 0 Å². The molecule has 0 saturated carbocycles. The van der Waals surface area contributed by atoms with Crippen LogP contribution in [0, 0.1) is 5.92 Å². The van der Waals surface area contributed by atoms with Crippen molar-refractivity contribution in [1.82, 2.24) is 0 Å². The molecule has 1 N–H and O–H groups in total. The molecule has 0 aromatic rings. The van der Waals surface area contributed by atoms with Crippen molar-refractivity contribution in [2.75, 3.05) is 6.61 Å². The Kier molecular flexibility index (Phi) is 6.12. The molecular formula is C9H16O4S2. The molecule has 0 heterocycles. The summed E-state index contributed by atoms with van der Waals surface area (Å²) in [5.41, 5.74) is 0. The molecular weight excluding hydrogens is 236 g/mol. The molecule has 0 aliphatic heterocycles. The molecule has 0 saturated heterocycles. The highest BCUT2D eigenvalue weighted by atomic mass is 32.2. The maximum atomic E-state index is 11.2. The van der Waals surface area contributed by atoms with Gasteiger partial charge in [-0.3, -0.25) is 4.79 Å². The second kappa shape index (κ2) is 6.27. The van der Waals surface area contributed by atoms with Gasteiger partial charge < -0.3 is 9.84 Å². The van der Waals surface area contributed by atoms with Gasteiger partial charge in [-0.15, -0.1) is 25.3 Å². The lowest BCUT2D eigenvalue weighted by Crippen LogP contribution is -2.30. The van der Waals surface area contributed by atoms with Crippen molar-refractivity contribution < 1.29 is 19.4 Å². The predicted molar refractivity (Wildman–Crippen MR) is 63.4 cm³/mol. The highest BCUT2D eigenvalue weighted by molar-refractivity contribution is 8.02. The number of hydrogen-bond acceptors (Lipinski definition) is 5. The Labute approximate surface area is 100 Å². The van der Waals surface area contributed by atoms with E-state index < -0.39 is 16.0 Å². The number of hydrogen-bond donors (Lipinski definition) is 3. The lowest BCUT2D eigenvalue weighted by atomic mass is 10.1. The topological polar surface area (TPSA) is 63.6 Å². The fourth-order valence-corrected chi connectivity index (χ4v) is 0.995. The molecule has 4 nitrogen and oxygen atoms in total. The minimum Gasteiger partial charge on any atom is -0.480 e. The largest absolute Gasteiger partial charge is 0.480 e. The van der Waals surface area contributed by atoms with E-state index in [0.29, 0.717) is 12.5 Å². The molecule has 0 aromatic carbocycles. The fraction of sp³-hybridized carbons (Fsp3) is 0.778. The molecule has 0 aromatic heterocycles. The van der Waals surface area contributed by atoms with Gasteiger partial charge in [0.25, 0.3) is 0 Å². The summed E-state index contributed by atoms with van der Waals surface area (Å²) in [4.78, 5) is 21.7. The third-order valence-electron chi connectivity index (χ3n) is 1.69. The first-order valence-electron chi connectivity index (χ1n) is 4.59. The molecule has 0 atom stereocenters. The third-order valence-corrected chi connectivity index (χ3v) is 2.39. The third kappa shape index (κ3) is 6.67. The van der Waals surface area contributed by atoms with Crippen molar-refractivity contribution in [2.24, 2.45) is 5.92 Å². The van der Waals surface area contributed by atoms with E-state index in [0.717, 1.165) is 6.42 Å². The number of esters is 1. The van der Waals surface area contributed by atoms with Crippen molar-refractivity contribution in [3.8, 4) is 0 Å². The van der Waals surface area contributed by atoms with Crippen LogP contribution in [0.25, 0.3) is 0 Å². The van der Waals surface area contributed by atoms with Gasteiger partial charge in [0.2, 0.25) is 0 Å². The van der Waals surface area contributed by atoms with Crippen LogP contribution in [0.5, 0.6) is 0 Å².